The third-order valence-electron chi connectivity index (χ3n) is 3.05. The van der Waals surface area contributed by atoms with E-state index in [0.717, 1.165) is 6.54 Å². The van der Waals surface area contributed by atoms with E-state index < -0.39 is 5.91 Å². The zero-order valence-electron chi connectivity index (χ0n) is 11.1. The zero-order chi connectivity index (χ0) is 14.0. The number of carbonyl (C=O) groups excluding carboxylic acids is 1. The summed E-state index contributed by atoms with van der Waals surface area (Å²) < 4.78 is 1.54. The molecule has 1 heterocycles. The van der Waals surface area contributed by atoms with Gasteiger partial charge in [-0.15, -0.1) is 0 Å². The number of likely N-dealkylation sites (N-methyl/N-ethyl adjacent to an activating group) is 1. The monoisotopic (exact) mass is 259 g/mol. The van der Waals surface area contributed by atoms with E-state index in [1.807, 2.05) is 19.0 Å². The van der Waals surface area contributed by atoms with Gasteiger partial charge < -0.3 is 15.2 Å². The van der Waals surface area contributed by atoms with Crippen molar-refractivity contribution in [2.45, 2.75) is 6.54 Å². The normalized spacial score (nSPS) is 11.1. The zero-order valence-corrected chi connectivity index (χ0v) is 11.1. The molecule has 1 aromatic heterocycles. The highest BCUT2D eigenvalue weighted by Gasteiger charge is 2.11. The Hall–Kier alpha value is -2.14. The number of fused-ring (bicyclic) bond motifs is 1. The van der Waals surface area contributed by atoms with Gasteiger partial charge in [0.05, 0.1) is 5.56 Å². The first kappa shape index (κ1) is 13.3. The maximum absolute atomic E-state index is 12.3. The number of hydrogen-bond donors (Lipinski definition) is 1. The Balaban J connectivity index is 2.63. The number of carbonyl (C=O) groups is 1. The number of primary amides is 1. The molecule has 0 saturated heterocycles. The van der Waals surface area contributed by atoms with Gasteiger partial charge in [0.25, 0.3) is 11.5 Å². The molecule has 0 aliphatic carbocycles. The predicted molar refractivity (Wildman–Crippen MR) is 75.3 cm³/mol. The maximum atomic E-state index is 12.3. The van der Waals surface area contributed by atoms with Gasteiger partial charge in [-0.25, -0.2) is 0 Å². The molecule has 2 aromatic rings. The van der Waals surface area contributed by atoms with Crippen molar-refractivity contribution in [2.75, 3.05) is 20.6 Å². The molecule has 1 amide bonds. The highest BCUT2D eigenvalue weighted by Crippen LogP contribution is 2.14. The number of nitrogens with two attached hydrogens (primary N) is 1. The van der Waals surface area contributed by atoms with Gasteiger partial charge in [-0.1, -0.05) is 18.2 Å². The van der Waals surface area contributed by atoms with Crippen LogP contribution in [0.4, 0.5) is 0 Å². The van der Waals surface area contributed by atoms with Crippen molar-refractivity contribution in [1.29, 1.82) is 0 Å². The number of hydrogen-bond acceptors (Lipinski definition) is 3. The molecular formula is C14H17N3O2. The Kier molecular flexibility index (Phi) is 3.66. The Labute approximate surface area is 111 Å². The Morgan fingerprint density at radius 1 is 1.26 bits per heavy atom. The van der Waals surface area contributed by atoms with Crippen LogP contribution in [0.3, 0.4) is 0 Å². The lowest BCUT2D eigenvalue weighted by atomic mass is 10.1. The van der Waals surface area contributed by atoms with E-state index >= 15 is 0 Å². The summed E-state index contributed by atoms with van der Waals surface area (Å²) in [5.74, 6) is -0.519. The van der Waals surface area contributed by atoms with Crippen LogP contribution >= 0.6 is 0 Å². The van der Waals surface area contributed by atoms with Crippen molar-refractivity contribution in [1.82, 2.24) is 9.47 Å². The number of nitrogens with zero attached hydrogens (tertiary/aromatic N) is 2. The molecule has 0 atom stereocenters. The van der Waals surface area contributed by atoms with E-state index in [1.54, 1.807) is 35.0 Å². The summed E-state index contributed by atoms with van der Waals surface area (Å²) in [7, 11) is 3.86. The van der Waals surface area contributed by atoms with Crippen molar-refractivity contribution < 1.29 is 4.79 Å². The maximum Gasteiger partial charge on any atom is 0.258 e. The van der Waals surface area contributed by atoms with Gasteiger partial charge in [0.1, 0.15) is 0 Å². The van der Waals surface area contributed by atoms with Crippen molar-refractivity contribution in [3.8, 4) is 0 Å². The molecule has 0 saturated carbocycles. The number of aromatic nitrogens is 1. The Morgan fingerprint density at radius 2 is 1.89 bits per heavy atom. The fourth-order valence-corrected chi connectivity index (χ4v) is 2.01. The van der Waals surface area contributed by atoms with E-state index in [4.69, 9.17) is 5.73 Å². The number of benzene rings is 1. The standard InChI is InChI=1S/C14H17N3O2/c1-16(2)7-8-17-9-12(13(15)18)10-5-3-4-6-11(10)14(17)19/h3-6,9H,7-8H2,1-2H3,(H2,15,18). The number of pyridine rings is 1. The van der Waals surface area contributed by atoms with E-state index in [0.29, 0.717) is 22.9 Å². The smallest absolute Gasteiger partial charge is 0.258 e. The van der Waals surface area contributed by atoms with Crippen molar-refractivity contribution in [3.05, 3.63) is 46.4 Å². The molecule has 0 unspecified atom stereocenters. The average Bonchev–Trinajstić information content (AvgIpc) is 2.37. The van der Waals surface area contributed by atoms with Gasteiger partial charge in [-0.3, -0.25) is 9.59 Å². The molecule has 0 aliphatic rings. The molecule has 0 radical (unpaired) electrons. The topological polar surface area (TPSA) is 68.3 Å². The van der Waals surface area contributed by atoms with Gasteiger partial charge in [-0.2, -0.15) is 0 Å². The molecular weight excluding hydrogens is 242 g/mol. The summed E-state index contributed by atoms with van der Waals surface area (Å²) in [4.78, 5) is 25.8. The lowest BCUT2D eigenvalue weighted by Gasteiger charge is -2.13. The molecule has 0 spiro atoms. The van der Waals surface area contributed by atoms with Crippen LogP contribution in [0.5, 0.6) is 0 Å². The van der Waals surface area contributed by atoms with Gasteiger partial charge in [-0.05, 0) is 20.2 Å². The quantitative estimate of drug-likeness (QED) is 0.877. The van der Waals surface area contributed by atoms with Crippen LogP contribution in [0.15, 0.2) is 35.3 Å². The minimum absolute atomic E-state index is 0.0950. The first-order valence-electron chi connectivity index (χ1n) is 6.07. The highest BCUT2D eigenvalue weighted by atomic mass is 16.1. The van der Waals surface area contributed by atoms with E-state index in [-0.39, 0.29) is 5.56 Å². The van der Waals surface area contributed by atoms with Crippen molar-refractivity contribution >= 4 is 16.7 Å². The molecule has 0 aliphatic heterocycles. The van der Waals surface area contributed by atoms with Crippen LogP contribution in [0.2, 0.25) is 0 Å². The van der Waals surface area contributed by atoms with Crippen LogP contribution < -0.4 is 11.3 Å². The summed E-state index contributed by atoms with van der Waals surface area (Å²) in [6.45, 7) is 1.24. The molecule has 0 fully saturated rings. The highest BCUT2D eigenvalue weighted by molar-refractivity contribution is 6.05. The molecule has 0 bridgehead atoms. The van der Waals surface area contributed by atoms with Gasteiger partial charge in [0.2, 0.25) is 0 Å². The lowest BCUT2D eigenvalue weighted by Crippen LogP contribution is -2.28. The SMILES string of the molecule is CN(C)CCn1cc(C(N)=O)c2ccccc2c1=O. The van der Waals surface area contributed by atoms with E-state index in [2.05, 4.69) is 0 Å². The Bertz CT molecular complexity index is 674. The predicted octanol–water partition coefficient (Wildman–Crippen LogP) is 0.662. The van der Waals surface area contributed by atoms with E-state index in [1.165, 1.54) is 0 Å². The molecule has 2 rings (SSSR count). The van der Waals surface area contributed by atoms with Gasteiger partial charge in [0.15, 0.2) is 0 Å². The fraction of sp³-hybridized carbons (Fsp3) is 0.286. The summed E-state index contributed by atoms with van der Waals surface area (Å²) in [5, 5.41) is 1.14. The van der Waals surface area contributed by atoms with Crippen LogP contribution in [0, 0.1) is 0 Å². The first-order valence-corrected chi connectivity index (χ1v) is 6.07. The second-order valence-electron chi connectivity index (χ2n) is 4.75. The molecule has 2 N–H and O–H groups in total. The van der Waals surface area contributed by atoms with Crippen LogP contribution in [-0.2, 0) is 6.54 Å². The largest absolute Gasteiger partial charge is 0.366 e. The summed E-state index contributed by atoms with van der Waals surface area (Å²) in [6.07, 6.45) is 1.55. The van der Waals surface area contributed by atoms with Crippen LogP contribution in [0.25, 0.3) is 10.8 Å². The summed E-state index contributed by atoms with van der Waals surface area (Å²) in [6, 6.07) is 7.03. The number of amides is 1. The van der Waals surface area contributed by atoms with Gasteiger partial charge in [0, 0.05) is 30.1 Å². The third-order valence-corrected chi connectivity index (χ3v) is 3.05. The first-order chi connectivity index (χ1) is 9.00. The van der Waals surface area contributed by atoms with Gasteiger partial charge >= 0.3 is 0 Å². The molecule has 100 valence electrons. The average molecular weight is 259 g/mol. The lowest BCUT2D eigenvalue weighted by molar-refractivity contribution is 0.100. The summed E-state index contributed by atoms with van der Waals surface area (Å²) in [5.41, 5.74) is 5.68. The molecule has 5 heteroatoms. The second-order valence-corrected chi connectivity index (χ2v) is 4.75. The van der Waals surface area contributed by atoms with E-state index in [9.17, 15) is 9.59 Å². The van der Waals surface area contributed by atoms with Crippen molar-refractivity contribution in [2.24, 2.45) is 5.73 Å². The minimum Gasteiger partial charge on any atom is -0.366 e. The number of rotatable bonds is 4. The fourth-order valence-electron chi connectivity index (χ4n) is 2.01. The molecule has 5 nitrogen and oxygen atoms in total. The molecule has 19 heavy (non-hydrogen) atoms. The van der Waals surface area contributed by atoms with Crippen molar-refractivity contribution in [3.63, 3.8) is 0 Å². The van der Waals surface area contributed by atoms with Crippen LogP contribution in [-0.4, -0.2) is 36.0 Å². The summed E-state index contributed by atoms with van der Waals surface area (Å²) >= 11 is 0. The second kappa shape index (κ2) is 5.24. The Morgan fingerprint density at radius 3 is 2.47 bits per heavy atom. The van der Waals surface area contributed by atoms with Crippen LogP contribution in [0.1, 0.15) is 10.4 Å². The molecule has 1 aromatic carbocycles. The minimum atomic E-state index is -0.519. The third kappa shape index (κ3) is 2.66.